The number of benzene rings is 1. The van der Waals surface area contributed by atoms with Gasteiger partial charge in [-0.1, -0.05) is 24.3 Å². The summed E-state index contributed by atoms with van der Waals surface area (Å²) >= 11 is 0. The number of hydrogen-bond acceptors (Lipinski definition) is 2. The summed E-state index contributed by atoms with van der Waals surface area (Å²) in [5.41, 5.74) is 5.24. The molecule has 3 rings (SSSR count). The molecule has 3 nitrogen and oxygen atoms in total. The number of imidazole rings is 1. The van der Waals surface area contributed by atoms with Crippen LogP contribution in [0.25, 0.3) is 5.65 Å². The highest BCUT2D eigenvalue weighted by atomic mass is 16.3. The van der Waals surface area contributed by atoms with Crippen LogP contribution in [0.15, 0.2) is 48.8 Å². The first-order valence-electron chi connectivity index (χ1n) is 6.81. The second-order valence-electron chi connectivity index (χ2n) is 5.27. The van der Waals surface area contributed by atoms with E-state index in [4.69, 9.17) is 0 Å². The standard InChI is InChI=1S/C17H18N2O/c1-12-6-7-14(9-13(12)2)10-16(20)15-11-19-8-4-3-5-17(19)18-15/h3-9,11,16,20H,10H2,1-2H3. The summed E-state index contributed by atoms with van der Waals surface area (Å²) in [6, 6.07) is 12.1. The van der Waals surface area contributed by atoms with Crippen LogP contribution in [-0.2, 0) is 6.42 Å². The van der Waals surface area contributed by atoms with E-state index in [2.05, 4.69) is 37.0 Å². The summed E-state index contributed by atoms with van der Waals surface area (Å²) in [5, 5.41) is 10.4. The van der Waals surface area contributed by atoms with Gasteiger partial charge in [-0.15, -0.1) is 0 Å². The van der Waals surface area contributed by atoms with Crippen LogP contribution < -0.4 is 0 Å². The number of aliphatic hydroxyl groups is 1. The summed E-state index contributed by atoms with van der Waals surface area (Å²) in [4.78, 5) is 4.46. The maximum atomic E-state index is 10.4. The van der Waals surface area contributed by atoms with Gasteiger partial charge in [-0.25, -0.2) is 4.98 Å². The fourth-order valence-corrected chi connectivity index (χ4v) is 2.37. The average Bonchev–Trinajstić information content (AvgIpc) is 2.87. The van der Waals surface area contributed by atoms with Crippen LogP contribution in [-0.4, -0.2) is 14.5 Å². The van der Waals surface area contributed by atoms with E-state index in [9.17, 15) is 5.11 Å². The molecule has 1 atom stereocenters. The number of nitrogens with zero attached hydrogens (tertiary/aromatic N) is 2. The molecule has 0 radical (unpaired) electrons. The Balaban J connectivity index is 1.84. The van der Waals surface area contributed by atoms with Crippen molar-refractivity contribution < 1.29 is 5.11 Å². The van der Waals surface area contributed by atoms with Gasteiger partial charge in [0.05, 0.1) is 5.69 Å². The Morgan fingerprint density at radius 3 is 2.75 bits per heavy atom. The zero-order valence-electron chi connectivity index (χ0n) is 11.7. The van der Waals surface area contributed by atoms with E-state index < -0.39 is 6.10 Å². The van der Waals surface area contributed by atoms with Crippen molar-refractivity contribution in [3.05, 3.63) is 71.2 Å². The number of aromatic nitrogens is 2. The monoisotopic (exact) mass is 266 g/mol. The number of rotatable bonds is 3. The molecule has 0 saturated heterocycles. The molecule has 1 N–H and O–H groups in total. The molecule has 20 heavy (non-hydrogen) atoms. The Labute approximate surface area is 118 Å². The summed E-state index contributed by atoms with van der Waals surface area (Å²) in [6.45, 7) is 4.19. The molecule has 2 aromatic heterocycles. The maximum Gasteiger partial charge on any atom is 0.137 e. The van der Waals surface area contributed by atoms with Crippen molar-refractivity contribution in [3.63, 3.8) is 0 Å². The highest BCUT2D eigenvalue weighted by molar-refractivity contribution is 5.40. The van der Waals surface area contributed by atoms with E-state index in [1.54, 1.807) is 0 Å². The lowest BCUT2D eigenvalue weighted by atomic mass is 10.0. The second-order valence-corrected chi connectivity index (χ2v) is 5.27. The quantitative estimate of drug-likeness (QED) is 0.790. The Kier molecular flexibility index (Phi) is 3.28. The smallest absolute Gasteiger partial charge is 0.137 e. The maximum absolute atomic E-state index is 10.4. The molecule has 2 heterocycles. The number of pyridine rings is 1. The molecule has 0 bridgehead atoms. The lowest BCUT2D eigenvalue weighted by Crippen LogP contribution is -2.02. The molecule has 0 spiro atoms. The van der Waals surface area contributed by atoms with Gasteiger partial charge < -0.3 is 9.51 Å². The highest BCUT2D eigenvalue weighted by Crippen LogP contribution is 2.20. The van der Waals surface area contributed by atoms with Crippen LogP contribution in [0, 0.1) is 13.8 Å². The summed E-state index contributed by atoms with van der Waals surface area (Å²) < 4.78 is 1.93. The number of fused-ring (bicyclic) bond motifs is 1. The van der Waals surface area contributed by atoms with E-state index in [1.807, 2.05) is 35.0 Å². The van der Waals surface area contributed by atoms with Crippen LogP contribution in [0.4, 0.5) is 0 Å². The molecule has 1 aromatic carbocycles. The predicted molar refractivity (Wildman–Crippen MR) is 79.8 cm³/mol. The van der Waals surface area contributed by atoms with Gasteiger partial charge in [0.2, 0.25) is 0 Å². The van der Waals surface area contributed by atoms with Gasteiger partial charge >= 0.3 is 0 Å². The zero-order chi connectivity index (χ0) is 14.1. The van der Waals surface area contributed by atoms with Crippen molar-refractivity contribution in [1.29, 1.82) is 0 Å². The summed E-state index contributed by atoms with van der Waals surface area (Å²) in [7, 11) is 0. The number of hydrogen-bond donors (Lipinski definition) is 1. The van der Waals surface area contributed by atoms with Crippen molar-refractivity contribution in [2.75, 3.05) is 0 Å². The van der Waals surface area contributed by atoms with Crippen molar-refractivity contribution in [3.8, 4) is 0 Å². The van der Waals surface area contributed by atoms with E-state index >= 15 is 0 Å². The van der Waals surface area contributed by atoms with Gasteiger partial charge in [0.1, 0.15) is 11.8 Å². The van der Waals surface area contributed by atoms with E-state index in [-0.39, 0.29) is 0 Å². The molecule has 0 fully saturated rings. The largest absolute Gasteiger partial charge is 0.386 e. The van der Waals surface area contributed by atoms with Crippen LogP contribution in [0.1, 0.15) is 28.5 Å². The van der Waals surface area contributed by atoms with E-state index in [0.29, 0.717) is 6.42 Å². The first-order valence-corrected chi connectivity index (χ1v) is 6.81. The molecule has 3 aromatic rings. The average molecular weight is 266 g/mol. The topological polar surface area (TPSA) is 37.5 Å². The zero-order valence-corrected chi connectivity index (χ0v) is 11.7. The molecular weight excluding hydrogens is 248 g/mol. The third-order valence-electron chi connectivity index (χ3n) is 3.72. The van der Waals surface area contributed by atoms with Crippen LogP contribution in [0.5, 0.6) is 0 Å². The Bertz CT molecular complexity index is 713. The van der Waals surface area contributed by atoms with E-state index in [1.165, 1.54) is 11.1 Å². The predicted octanol–water partition coefficient (Wildman–Crippen LogP) is 3.23. The molecule has 0 aliphatic carbocycles. The second kappa shape index (κ2) is 5.10. The summed E-state index contributed by atoms with van der Waals surface area (Å²) in [6.07, 6.45) is 3.85. The van der Waals surface area contributed by atoms with Crippen molar-refractivity contribution in [2.24, 2.45) is 0 Å². The minimum absolute atomic E-state index is 0.572. The first kappa shape index (κ1) is 12.9. The lowest BCUT2D eigenvalue weighted by Gasteiger charge is -2.09. The third-order valence-corrected chi connectivity index (χ3v) is 3.72. The first-order chi connectivity index (χ1) is 9.63. The van der Waals surface area contributed by atoms with Crippen LogP contribution >= 0.6 is 0 Å². The molecule has 102 valence electrons. The SMILES string of the molecule is Cc1ccc(CC(O)c2cn3ccccc3n2)cc1C. The van der Waals surface area contributed by atoms with Crippen molar-refractivity contribution >= 4 is 5.65 Å². The molecular formula is C17H18N2O. The van der Waals surface area contributed by atoms with Gasteiger partial charge in [0.25, 0.3) is 0 Å². The molecule has 0 amide bonds. The van der Waals surface area contributed by atoms with Gasteiger partial charge in [-0.05, 0) is 42.7 Å². The molecule has 3 heteroatoms. The molecule has 0 aliphatic heterocycles. The van der Waals surface area contributed by atoms with Crippen LogP contribution in [0.2, 0.25) is 0 Å². The fourth-order valence-electron chi connectivity index (χ4n) is 2.37. The molecule has 0 saturated carbocycles. The Hall–Kier alpha value is -2.13. The molecule has 0 aliphatic rings. The Morgan fingerprint density at radius 2 is 2.00 bits per heavy atom. The van der Waals surface area contributed by atoms with Crippen molar-refractivity contribution in [2.45, 2.75) is 26.4 Å². The summed E-state index contributed by atoms with van der Waals surface area (Å²) in [5.74, 6) is 0. The van der Waals surface area contributed by atoms with Gasteiger partial charge in [0.15, 0.2) is 0 Å². The molecule has 1 unspecified atom stereocenters. The minimum Gasteiger partial charge on any atom is -0.386 e. The highest BCUT2D eigenvalue weighted by Gasteiger charge is 2.13. The number of aryl methyl sites for hydroxylation is 2. The Morgan fingerprint density at radius 1 is 1.15 bits per heavy atom. The van der Waals surface area contributed by atoms with Gasteiger partial charge in [-0.2, -0.15) is 0 Å². The van der Waals surface area contributed by atoms with Gasteiger partial charge in [-0.3, -0.25) is 0 Å². The lowest BCUT2D eigenvalue weighted by molar-refractivity contribution is 0.174. The van der Waals surface area contributed by atoms with Crippen molar-refractivity contribution in [1.82, 2.24) is 9.38 Å². The van der Waals surface area contributed by atoms with Crippen LogP contribution in [0.3, 0.4) is 0 Å². The normalized spacial score (nSPS) is 12.8. The minimum atomic E-state index is -0.572. The fraction of sp³-hybridized carbons (Fsp3) is 0.235. The van der Waals surface area contributed by atoms with E-state index in [0.717, 1.165) is 16.9 Å². The third kappa shape index (κ3) is 2.45. The number of aliphatic hydroxyl groups excluding tert-OH is 1. The van der Waals surface area contributed by atoms with Gasteiger partial charge in [0, 0.05) is 18.8 Å².